The Kier molecular flexibility index (Phi) is 13.5. The molecule has 0 aromatic rings. The highest BCUT2D eigenvalue weighted by Crippen LogP contribution is 2.17. The standard InChI is InChI=1S/C19H41NO/c1-7-11-13-18(9-3)15-20(6)17(5)21-16-19(10-4)14-12-8-2/h17-19H,7-16H2,1-6H3/t17-,18?,19?/m1/s1. The lowest BCUT2D eigenvalue weighted by Gasteiger charge is -2.30. The molecule has 0 saturated heterocycles. The molecule has 0 aliphatic rings. The summed E-state index contributed by atoms with van der Waals surface area (Å²) in [5.74, 6) is 1.56. The number of hydrogen-bond donors (Lipinski definition) is 0. The number of unbranched alkanes of at least 4 members (excludes halogenated alkanes) is 2. The molecule has 0 aliphatic carbocycles. The Balaban J connectivity index is 4.03. The minimum absolute atomic E-state index is 0.247. The van der Waals surface area contributed by atoms with Gasteiger partial charge < -0.3 is 4.74 Å². The van der Waals surface area contributed by atoms with E-state index in [4.69, 9.17) is 4.74 Å². The van der Waals surface area contributed by atoms with Crippen LogP contribution in [0.5, 0.6) is 0 Å². The molecule has 21 heavy (non-hydrogen) atoms. The van der Waals surface area contributed by atoms with Gasteiger partial charge in [0.25, 0.3) is 0 Å². The monoisotopic (exact) mass is 299 g/mol. The topological polar surface area (TPSA) is 12.5 Å². The lowest BCUT2D eigenvalue weighted by Crippen LogP contribution is -2.36. The Morgan fingerprint density at radius 3 is 1.86 bits per heavy atom. The largest absolute Gasteiger partial charge is 0.363 e. The second-order valence-corrected chi connectivity index (χ2v) is 6.71. The van der Waals surface area contributed by atoms with Gasteiger partial charge in [-0.25, -0.2) is 0 Å². The van der Waals surface area contributed by atoms with Crippen molar-refractivity contribution in [1.82, 2.24) is 4.90 Å². The van der Waals surface area contributed by atoms with Crippen LogP contribution in [0.25, 0.3) is 0 Å². The van der Waals surface area contributed by atoms with Gasteiger partial charge >= 0.3 is 0 Å². The van der Waals surface area contributed by atoms with Crippen LogP contribution in [0, 0.1) is 11.8 Å². The Labute approximate surface area is 134 Å². The summed E-state index contributed by atoms with van der Waals surface area (Å²) >= 11 is 0. The Hall–Kier alpha value is -0.0800. The van der Waals surface area contributed by atoms with Crippen LogP contribution in [0.2, 0.25) is 0 Å². The molecule has 3 atom stereocenters. The maximum atomic E-state index is 6.13. The maximum Gasteiger partial charge on any atom is 0.107 e. The number of rotatable bonds is 14. The van der Waals surface area contributed by atoms with E-state index in [1.807, 2.05) is 0 Å². The highest BCUT2D eigenvalue weighted by atomic mass is 16.5. The minimum Gasteiger partial charge on any atom is -0.363 e. The summed E-state index contributed by atoms with van der Waals surface area (Å²) < 4.78 is 6.13. The molecule has 0 bridgehead atoms. The molecule has 0 N–H and O–H groups in total. The molecule has 0 amide bonds. The van der Waals surface area contributed by atoms with Crippen LogP contribution in [0.4, 0.5) is 0 Å². The van der Waals surface area contributed by atoms with Gasteiger partial charge in [-0.2, -0.15) is 0 Å². The molecule has 0 radical (unpaired) electrons. The van der Waals surface area contributed by atoms with E-state index in [-0.39, 0.29) is 6.23 Å². The van der Waals surface area contributed by atoms with Crippen LogP contribution >= 0.6 is 0 Å². The normalized spacial score (nSPS) is 16.1. The third kappa shape index (κ3) is 10.3. The lowest BCUT2D eigenvalue weighted by molar-refractivity contribution is -0.0561. The fourth-order valence-electron chi connectivity index (χ4n) is 2.77. The van der Waals surface area contributed by atoms with E-state index in [1.54, 1.807) is 0 Å². The van der Waals surface area contributed by atoms with Crippen molar-refractivity contribution >= 4 is 0 Å². The van der Waals surface area contributed by atoms with Crippen LogP contribution in [-0.4, -0.2) is 31.3 Å². The predicted molar refractivity (Wildman–Crippen MR) is 94.7 cm³/mol. The molecule has 0 rings (SSSR count). The summed E-state index contributed by atoms with van der Waals surface area (Å²) in [5, 5.41) is 0. The third-order valence-corrected chi connectivity index (χ3v) is 4.83. The molecule has 0 aromatic heterocycles. The zero-order valence-electron chi connectivity index (χ0n) is 15.7. The van der Waals surface area contributed by atoms with Crippen LogP contribution in [0.15, 0.2) is 0 Å². The molecule has 2 heteroatoms. The second-order valence-electron chi connectivity index (χ2n) is 6.71. The van der Waals surface area contributed by atoms with Crippen molar-refractivity contribution in [3.63, 3.8) is 0 Å². The summed E-state index contributed by atoms with van der Waals surface area (Å²) in [7, 11) is 2.21. The van der Waals surface area contributed by atoms with Crippen LogP contribution in [0.3, 0.4) is 0 Å². The maximum absolute atomic E-state index is 6.13. The lowest BCUT2D eigenvalue weighted by atomic mass is 9.99. The van der Waals surface area contributed by atoms with Crippen molar-refractivity contribution in [1.29, 1.82) is 0 Å². The highest BCUT2D eigenvalue weighted by molar-refractivity contribution is 4.65. The first kappa shape index (κ1) is 20.9. The zero-order valence-corrected chi connectivity index (χ0v) is 15.7. The van der Waals surface area contributed by atoms with E-state index in [0.29, 0.717) is 0 Å². The van der Waals surface area contributed by atoms with E-state index in [2.05, 4.69) is 46.6 Å². The van der Waals surface area contributed by atoms with Crippen molar-refractivity contribution in [2.75, 3.05) is 20.2 Å². The van der Waals surface area contributed by atoms with Gasteiger partial charge in [0.15, 0.2) is 0 Å². The summed E-state index contributed by atoms with van der Waals surface area (Å²) in [4.78, 5) is 2.40. The molecule has 0 heterocycles. The van der Waals surface area contributed by atoms with Crippen LogP contribution < -0.4 is 0 Å². The van der Waals surface area contributed by atoms with Crippen molar-refractivity contribution < 1.29 is 4.74 Å². The second kappa shape index (κ2) is 13.6. The molecule has 0 fully saturated rings. The fraction of sp³-hybridized carbons (Fsp3) is 1.00. The minimum atomic E-state index is 0.247. The van der Waals surface area contributed by atoms with E-state index in [0.717, 1.165) is 18.4 Å². The summed E-state index contributed by atoms with van der Waals surface area (Å²) in [6.07, 6.45) is 10.7. The Morgan fingerprint density at radius 2 is 1.38 bits per heavy atom. The SMILES string of the molecule is CCCCC(CC)CO[C@H](C)N(C)CC(CC)CCCC. The molecular weight excluding hydrogens is 258 g/mol. The molecule has 2 nitrogen and oxygen atoms in total. The van der Waals surface area contributed by atoms with E-state index in [9.17, 15) is 0 Å². The highest BCUT2D eigenvalue weighted by Gasteiger charge is 2.16. The van der Waals surface area contributed by atoms with E-state index < -0.39 is 0 Å². The van der Waals surface area contributed by atoms with Crippen molar-refractivity contribution in [2.24, 2.45) is 11.8 Å². The molecule has 128 valence electrons. The van der Waals surface area contributed by atoms with E-state index in [1.165, 1.54) is 57.9 Å². The van der Waals surface area contributed by atoms with Crippen molar-refractivity contribution in [3.05, 3.63) is 0 Å². The summed E-state index contributed by atoms with van der Waals surface area (Å²) in [6.45, 7) is 13.5. The first-order valence-electron chi connectivity index (χ1n) is 9.40. The Morgan fingerprint density at radius 1 is 0.857 bits per heavy atom. The van der Waals surface area contributed by atoms with Crippen molar-refractivity contribution in [2.45, 2.75) is 92.2 Å². The first-order valence-corrected chi connectivity index (χ1v) is 9.40. The third-order valence-electron chi connectivity index (χ3n) is 4.83. The molecule has 2 unspecified atom stereocenters. The van der Waals surface area contributed by atoms with Gasteiger partial charge in [-0.05, 0) is 38.6 Å². The van der Waals surface area contributed by atoms with Crippen LogP contribution in [0.1, 0.15) is 86.0 Å². The molecule has 0 saturated carbocycles. The van der Waals surface area contributed by atoms with Crippen LogP contribution in [-0.2, 0) is 4.74 Å². The molecule has 0 spiro atoms. The van der Waals surface area contributed by atoms with Gasteiger partial charge in [-0.15, -0.1) is 0 Å². The van der Waals surface area contributed by atoms with E-state index >= 15 is 0 Å². The van der Waals surface area contributed by atoms with Gasteiger partial charge in [0.05, 0.1) is 6.61 Å². The average Bonchev–Trinajstić information content (AvgIpc) is 2.50. The first-order chi connectivity index (χ1) is 10.1. The number of ether oxygens (including phenoxy) is 1. The van der Waals surface area contributed by atoms with Gasteiger partial charge in [0.2, 0.25) is 0 Å². The smallest absolute Gasteiger partial charge is 0.107 e. The number of nitrogens with zero attached hydrogens (tertiary/aromatic N) is 1. The average molecular weight is 300 g/mol. The molecule has 0 aromatic carbocycles. The predicted octanol–water partition coefficient (Wildman–Crippen LogP) is 5.71. The zero-order chi connectivity index (χ0) is 16.1. The van der Waals surface area contributed by atoms with Gasteiger partial charge in [-0.3, -0.25) is 4.90 Å². The summed E-state index contributed by atoms with van der Waals surface area (Å²) in [6, 6.07) is 0. The van der Waals surface area contributed by atoms with Gasteiger partial charge in [0, 0.05) is 6.54 Å². The fourth-order valence-corrected chi connectivity index (χ4v) is 2.77. The van der Waals surface area contributed by atoms with Gasteiger partial charge in [-0.1, -0.05) is 66.2 Å². The quantitative estimate of drug-likeness (QED) is 0.381. The van der Waals surface area contributed by atoms with Gasteiger partial charge in [0.1, 0.15) is 6.23 Å². The molecule has 0 aliphatic heterocycles. The summed E-state index contributed by atoms with van der Waals surface area (Å²) in [5.41, 5.74) is 0. The van der Waals surface area contributed by atoms with Crippen molar-refractivity contribution in [3.8, 4) is 0 Å². The number of hydrogen-bond acceptors (Lipinski definition) is 2. The molecular formula is C19H41NO. The Bertz CT molecular complexity index is 220.